The van der Waals surface area contributed by atoms with Crippen LogP contribution in [0.25, 0.3) is 11.3 Å². The van der Waals surface area contributed by atoms with Crippen LogP contribution in [-0.2, 0) is 6.54 Å². The Balaban J connectivity index is 2.50. The number of ether oxygens (including phenoxy) is 1. The molecule has 0 spiro atoms. The molecule has 0 N–H and O–H groups in total. The van der Waals surface area contributed by atoms with Gasteiger partial charge in [-0.2, -0.15) is 0 Å². The fraction of sp³-hybridized carbons (Fsp3) is 0.278. The monoisotopic (exact) mass is 283 g/mol. The number of rotatable bonds is 5. The van der Waals surface area contributed by atoms with E-state index in [-0.39, 0.29) is 5.56 Å². The molecule has 0 saturated carbocycles. The molecule has 0 saturated heterocycles. The molecule has 0 fully saturated rings. The highest BCUT2D eigenvalue weighted by molar-refractivity contribution is 5.65. The molecule has 0 radical (unpaired) electrons. The predicted octanol–water partition coefficient (Wildman–Crippen LogP) is 3.72. The molecule has 0 aliphatic carbocycles. The first-order chi connectivity index (χ1) is 10.1. The van der Waals surface area contributed by atoms with Gasteiger partial charge in [0.2, 0.25) is 0 Å². The second kappa shape index (κ2) is 6.44. The Morgan fingerprint density at radius 2 is 1.95 bits per heavy atom. The van der Waals surface area contributed by atoms with Crippen molar-refractivity contribution in [2.45, 2.75) is 27.3 Å². The van der Waals surface area contributed by atoms with Crippen molar-refractivity contribution in [3.63, 3.8) is 0 Å². The minimum Gasteiger partial charge on any atom is -0.490 e. The second-order valence-electron chi connectivity index (χ2n) is 5.03. The third kappa shape index (κ3) is 3.07. The fourth-order valence-corrected chi connectivity index (χ4v) is 2.41. The Morgan fingerprint density at radius 1 is 1.19 bits per heavy atom. The maximum absolute atomic E-state index is 12.2. The van der Waals surface area contributed by atoms with Gasteiger partial charge in [0.25, 0.3) is 5.56 Å². The summed E-state index contributed by atoms with van der Waals surface area (Å²) in [7, 11) is 0. The second-order valence-corrected chi connectivity index (χ2v) is 5.03. The van der Waals surface area contributed by atoms with E-state index in [1.807, 2.05) is 55.7 Å². The SMILES string of the molecule is C=CCOc1ccc(-c2ccc(C)c(=O)n2CC)c(C)c1. The summed E-state index contributed by atoms with van der Waals surface area (Å²) in [6.45, 7) is 10.6. The zero-order valence-electron chi connectivity index (χ0n) is 12.8. The number of nitrogens with zero attached hydrogens (tertiary/aromatic N) is 1. The molecule has 21 heavy (non-hydrogen) atoms. The van der Waals surface area contributed by atoms with E-state index in [2.05, 4.69) is 6.58 Å². The van der Waals surface area contributed by atoms with Gasteiger partial charge in [0.1, 0.15) is 12.4 Å². The molecule has 3 heteroatoms. The molecule has 1 aromatic heterocycles. The molecular formula is C18H21NO2. The van der Waals surface area contributed by atoms with E-state index in [1.54, 1.807) is 6.08 Å². The molecule has 0 atom stereocenters. The molecule has 0 bridgehead atoms. The van der Waals surface area contributed by atoms with Crippen LogP contribution >= 0.6 is 0 Å². The number of benzene rings is 1. The predicted molar refractivity (Wildman–Crippen MR) is 87.0 cm³/mol. The van der Waals surface area contributed by atoms with Crippen molar-refractivity contribution in [3.05, 3.63) is 64.5 Å². The van der Waals surface area contributed by atoms with Gasteiger partial charge in [0.15, 0.2) is 0 Å². The van der Waals surface area contributed by atoms with Crippen molar-refractivity contribution in [2.75, 3.05) is 6.61 Å². The highest BCUT2D eigenvalue weighted by Crippen LogP contribution is 2.26. The van der Waals surface area contributed by atoms with Gasteiger partial charge < -0.3 is 9.30 Å². The van der Waals surface area contributed by atoms with Gasteiger partial charge in [-0.15, -0.1) is 0 Å². The molecule has 0 amide bonds. The van der Waals surface area contributed by atoms with Crippen LogP contribution in [0.2, 0.25) is 0 Å². The standard InChI is InChI=1S/C18H21NO2/c1-5-11-21-15-8-9-16(14(4)12-15)17-10-7-13(3)18(20)19(17)6-2/h5,7-10,12H,1,6,11H2,2-4H3. The average Bonchev–Trinajstić information content (AvgIpc) is 2.48. The first-order valence-electron chi connectivity index (χ1n) is 7.13. The van der Waals surface area contributed by atoms with E-state index in [0.717, 1.165) is 28.1 Å². The number of aromatic nitrogens is 1. The van der Waals surface area contributed by atoms with Crippen molar-refractivity contribution >= 4 is 0 Å². The number of hydrogen-bond donors (Lipinski definition) is 0. The highest BCUT2D eigenvalue weighted by atomic mass is 16.5. The number of aryl methyl sites for hydroxylation is 2. The first kappa shape index (κ1) is 15.1. The normalized spacial score (nSPS) is 10.4. The van der Waals surface area contributed by atoms with Crippen molar-refractivity contribution in [1.29, 1.82) is 0 Å². The van der Waals surface area contributed by atoms with E-state index in [9.17, 15) is 4.79 Å². The van der Waals surface area contributed by atoms with Crippen LogP contribution in [0.3, 0.4) is 0 Å². The molecule has 0 aliphatic rings. The quantitative estimate of drug-likeness (QED) is 0.783. The molecule has 2 rings (SSSR count). The summed E-state index contributed by atoms with van der Waals surface area (Å²) < 4.78 is 7.35. The Hall–Kier alpha value is -2.29. The summed E-state index contributed by atoms with van der Waals surface area (Å²) in [6, 6.07) is 9.81. The molecule has 110 valence electrons. The van der Waals surface area contributed by atoms with Gasteiger partial charge in [-0.1, -0.05) is 18.7 Å². The molecule has 3 nitrogen and oxygen atoms in total. The Bertz CT molecular complexity index is 714. The van der Waals surface area contributed by atoms with Crippen molar-refractivity contribution < 1.29 is 4.74 Å². The third-order valence-corrected chi connectivity index (χ3v) is 3.52. The number of pyridine rings is 1. The summed E-state index contributed by atoms with van der Waals surface area (Å²) in [5, 5.41) is 0. The maximum Gasteiger partial charge on any atom is 0.253 e. The lowest BCUT2D eigenvalue weighted by atomic mass is 10.0. The summed E-state index contributed by atoms with van der Waals surface area (Å²) in [5.74, 6) is 0.814. The minimum atomic E-state index is 0.0707. The Morgan fingerprint density at radius 3 is 2.57 bits per heavy atom. The topological polar surface area (TPSA) is 31.2 Å². The zero-order chi connectivity index (χ0) is 15.4. The summed E-state index contributed by atoms with van der Waals surface area (Å²) in [6.07, 6.45) is 1.72. The maximum atomic E-state index is 12.2. The molecule has 0 aliphatic heterocycles. The molecule has 1 heterocycles. The van der Waals surface area contributed by atoms with E-state index in [1.165, 1.54) is 0 Å². The van der Waals surface area contributed by atoms with E-state index in [0.29, 0.717) is 13.2 Å². The van der Waals surface area contributed by atoms with Gasteiger partial charge in [-0.05, 0) is 50.6 Å². The smallest absolute Gasteiger partial charge is 0.253 e. The van der Waals surface area contributed by atoms with Crippen molar-refractivity contribution in [3.8, 4) is 17.0 Å². The molecule has 1 aromatic carbocycles. The summed E-state index contributed by atoms with van der Waals surface area (Å²) in [5.41, 5.74) is 3.92. The van der Waals surface area contributed by atoms with Crippen molar-refractivity contribution in [1.82, 2.24) is 4.57 Å². The van der Waals surface area contributed by atoms with Crippen LogP contribution in [0.15, 0.2) is 47.8 Å². The lowest BCUT2D eigenvalue weighted by Crippen LogP contribution is -2.22. The lowest BCUT2D eigenvalue weighted by Gasteiger charge is -2.15. The van der Waals surface area contributed by atoms with E-state index < -0.39 is 0 Å². The van der Waals surface area contributed by atoms with Gasteiger partial charge in [-0.25, -0.2) is 0 Å². The van der Waals surface area contributed by atoms with Crippen LogP contribution in [0.5, 0.6) is 5.75 Å². The summed E-state index contributed by atoms with van der Waals surface area (Å²) >= 11 is 0. The largest absolute Gasteiger partial charge is 0.490 e. The lowest BCUT2D eigenvalue weighted by molar-refractivity contribution is 0.363. The van der Waals surface area contributed by atoms with Crippen LogP contribution in [0.4, 0.5) is 0 Å². The summed E-state index contributed by atoms with van der Waals surface area (Å²) in [4.78, 5) is 12.2. The van der Waals surface area contributed by atoms with E-state index >= 15 is 0 Å². The first-order valence-corrected chi connectivity index (χ1v) is 7.13. The van der Waals surface area contributed by atoms with Gasteiger partial charge >= 0.3 is 0 Å². The van der Waals surface area contributed by atoms with E-state index in [4.69, 9.17) is 4.74 Å². The van der Waals surface area contributed by atoms with Crippen molar-refractivity contribution in [2.24, 2.45) is 0 Å². The fourth-order valence-electron chi connectivity index (χ4n) is 2.41. The molecular weight excluding hydrogens is 262 g/mol. The number of hydrogen-bond acceptors (Lipinski definition) is 2. The van der Waals surface area contributed by atoms with Gasteiger partial charge in [0.05, 0.1) is 5.69 Å². The van der Waals surface area contributed by atoms with Crippen LogP contribution in [-0.4, -0.2) is 11.2 Å². The Kier molecular flexibility index (Phi) is 4.63. The molecule has 2 aromatic rings. The van der Waals surface area contributed by atoms with Gasteiger partial charge in [0, 0.05) is 17.7 Å². The van der Waals surface area contributed by atoms with Gasteiger partial charge in [-0.3, -0.25) is 4.79 Å². The van der Waals surface area contributed by atoms with Crippen LogP contribution in [0, 0.1) is 13.8 Å². The van der Waals surface area contributed by atoms with Crippen LogP contribution < -0.4 is 10.3 Å². The zero-order valence-corrected chi connectivity index (χ0v) is 12.8. The Labute approximate surface area is 125 Å². The average molecular weight is 283 g/mol. The third-order valence-electron chi connectivity index (χ3n) is 3.52. The molecule has 0 unspecified atom stereocenters. The minimum absolute atomic E-state index is 0.0707. The highest BCUT2D eigenvalue weighted by Gasteiger charge is 2.10. The van der Waals surface area contributed by atoms with Crippen LogP contribution in [0.1, 0.15) is 18.1 Å².